The second-order valence-electron chi connectivity index (χ2n) is 4.53. The Balaban J connectivity index is 0.00000180. The molecular formula is C12H18ClFN2O2S. The van der Waals surface area contributed by atoms with Gasteiger partial charge in [0.2, 0.25) is 10.0 Å². The molecule has 1 unspecified atom stereocenters. The van der Waals surface area contributed by atoms with Crippen LogP contribution in [0.3, 0.4) is 0 Å². The second kappa shape index (κ2) is 6.17. The Bertz CT molecular complexity index is 551. The topological polar surface area (TPSA) is 63.4 Å². The van der Waals surface area contributed by atoms with Gasteiger partial charge in [0.1, 0.15) is 10.7 Å². The summed E-state index contributed by atoms with van der Waals surface area (Å²) in [5, 5.41) is 0. The highest BCUT2D eigenvalue weighted by Gasteiger charge is 2.36. The lowest BCUT2D eigenvalue weighted by Crippen LogP contribution is -2.40. The van der Waals surface area contributed by atoms with Gasteiger partial charge in [-0.15, -0.1) is 12.4 Å². The van der Waals surface area contributed by atoms with Crippen LogP contribution in [0.15, 0.2) is 23.1 Å². The van der Waals surface area contributed by atoms with Gasteiger partial charge in [-0.3, -0.25) is 0 Å². The van der Waals surface area contributed by atoms with Crippen molar-refractivity contribution in [1.82, 2.24) is 4.31 Å². The van der Waals surface area contributed by atoms with Crippen molar-refractivity contribution in [3.05, 3.63) is 29.6 Å². The van der Waals surface area contributed by atoms with E-state index in [1.807, 2.05) is 0 Å². The molecule has 1 saturated heterocycles. The summed E-state index contributed by atoms with van der Waals surface area (Å²) in [4.78, 5) is -0.247. The first-order valence-electron chi connectivity index (χ1n) is 5.95. The molecule has 0 aromatic heterocycles. The van der Waals surface area contributed by atoms with E-state index in [0.29, 0.717) is 12.1 Å². The molecule has 0 bridgehead atoms. The monoisotopic (exact) mass is 308 g/mol. The van der Waals surface area contributed by atoms with Crippen LogP contribution in [0, 0.1) is 12.7 Å². The van der Waals surface area contributed by atoms with Crippen molar-refractivity contribution in [2.75, 3.05) is 13.1 Å². The Morgan fingerprint density at radius 1 is 1.47 bits per heavy atom. The predicted molar refractivity (Wildman–Crippen MR) is 74.4 cm³/mol. The Labute approximate surface area is 119 Å². The summed E-state index contributed by atoms with van der Waals surface area (Å²) in [6.45, 7) is 2.24. The van der Waals surface area contributed by atoms with Crippen molar-refractivity contribution in [2.24, 2.45) is 5.73 Å². The van der Waals surface area contributed by atoms with Crippen LogP contribution in [0.25, 0.3) is 0 Å². The van der Waals surface area contributed by atoms with Crippen LogP contribution < -0.4 is 5.73 Å². The number of aryl methyl sites for hydroxylation is 1. The third-order valence-corrected chi connectivity index (χ3v) is 5.31. The van der Waals surface area contributed by atoms with E-state index in [9.17, 15) is 12.8 Å². The minimum Gasteiger partial charge on any atom is -0.329 e. The SMILES string of the molecule is Cc1cccc(S(=O)(=O)N2CCCC2CN)c1F.Cl. The largest absolute Gasteiger partial charge is 0.329 e. The van der Waals surface area contributed by atoms with Gasteiger partial charge in [0.05, 0.1) is 0 Å². The highest BCUT2D eigenvalue weighted by Crippen LogP contribution is 2.27. The molecule has 19 heavy (non-hydrogen) atoms. The summed E-state index contributed by atoms with van der Waals surface area (Å²) in [6.07, 6.45) is 1.51. The van der Waals surface area contributed by atoms with Crippen molar-refractivity contribution < 1.29 is 12.8 Å². The van der Waals surface area contributed by atoms with Gasteiger partial charge in [-0.1, -0.05) is 12.1 Å². The molecule has 0 amide bonds. The summed E-state index contributed by atoms with van der Waals surface area (Å²) < 4.78 is 40.1. The standard InChI is InChI=1S/C12H17FN2O2S.ClH/c1-9-4-2-6-11(12(9)13)18(16,17)15-7-3-5-10(15)8-14;/h2,4,6,10H,3,5,7-8,14H2,1H3;1H. The van der Waals surface area contributed by atoms with Crippen LogP contribution in [0.5, 0.6) is 0 Å². The first-order valence-corrected chi connectivity index (χ1v) is 7.39. The van der Waals surface area contributed by atoms with Crippen molar-refractivity contribution in [3.63, 3.8) is 0 Å². The fraction of sp³-hybridized carbons (Fsp3) is 0.500. The molecule has 1 aromatic rings. The molecule has 1 aromatic carbocycles. The van der Waals surface area contributed by atoms with Gasteiger partial charge in [-0.05, 0) is 31.4 Å². The fourth-order valence-corrected chi connectivity index (χ4v) is 4.15. The summed E-state index contributed by atoms with van der Waals surface area (Å²) in [5.74, 6) is -0.667. The highest BCUT2D eigenvalue weighted by molar-refractivity contribution is 7.89. The average Bonchev–Trinajstić information content (AvgIpc) is 2.81. The van der Waals surface area contributed by atoms with E-state index in [1.54, 1.807) is 19.1 Å². The molecule has 0 aliphatic carbocycles. The van der Waals surface area contributed by atoms with Crippen molar-refractivity contribution in [2.45, 2.75) is 30.7 Å². The lowest BCUT2D eigenvalue weighted by molar-refractivity contribution is 0.390. The molecule has 2 N–H and O–H groups in total. The predicted octanol–water partition coefficient (Wildman–Crippen LogP) is 1.67. The van der Waals surface area contributed by atoms with Crippen LogP contribution in [0.2, 0.25) is 0 Å². The minimum absolute atomic E-state index is 0. The van der Waals surface area contributed by atoms with Crippen molar-refractivity contribution >= 4 is 22.4 Å². The average molecular weight is 309 g/mol. The van der Waals surface area contributed by atoms with Gasteiger partial charge < -0.3 is 5.73 Å². The number of rotatable bonds is 3. The van der Waals surface area contributed by atoms with Gasteiger partial charge >= 0.3 is 0 Å². The van der Waals surface area contributed by atoms with Crippen LogP contribution in [0.1, 0.15) is 18.4 Å². The maximum Gasteiger partial charge on any atom is 0.246 e. The Hall–Kier alpha value is -0.690. The van der Waals surface area contributed by atoms with E-state index in [4.69, 9.17) is 5.73 Å². The van der Waals surface area contributed by atoms with E-state index in [2.05, 4.69) is 0 Å². The molecule has 0 spiro atoms. The molecule has 2 rings (SSSR count). The summed E-state index contributed by atoms with van der Waals surface area (Å²) >= 11 is 0. The summed E-state index contributed by atoms with van der Waals surface area (Å²) in [5.41, 5.74) is 5.90. The van der Waals surface area contributed by atoms with E-state index in [0.717, 1.165) is 12.8 Å². The molecule has 1 aliphatic heterocycles. The second-order valence-corrected chi connectivity index (χ2v) is 6.39. The molecule has 4 nitrogen and oxygen atoms in total. The Morgan fingerprint density at radius 2 is 2.16 bits per heavy atom. The molecule has 108 valence electrons. The quantitative estimate of drug-likeness (QED) is 0.924. The summed E-state index contributed by atoms with van der Waals surface area (Å²) in [7, 11) is -3.77. The minimum atomic E-state index is -3.77. The van der Waals surface area contributed by atoms with Crippen LogP contribution in [0.4, 0.5) is 4.39 Å². The first kappa shape index (κ1) is 16.4. The van der Waals surface area contributed by atoms with Crippen LogP contribution >= 0.6 is 12.4 Å². The molecule has 1 aliphatic rings. The van der Waals surface area contributed by atoms with Crippen LogP contribution in [-0.2, 0) is 10.0 Å². The number of sulfonamides is 1. The van der Waals surface area contributed by atoms with Gasteiger partial charge in [0, 0.05) is 19.1 Å². The molecule has 1 fully saturated rings. The first-order chi connectivity index (χ1) is 8.48. The van der Waals surface area contributed by atoms with Crippen LogP contribution in [-0.4, -0.2) is 31.9 Å². The third-order valence-electron chi connectivity index (χ3n) is 3.34. The van der Waals surface area contributed by atoms with Gasteiger partial charge in [0.15, 0.2) is 0 Å². The maximum atomic E-state index is 13.9. The maximum absolute atomic E-state index is 13.9. The van der Waals surface area contributed by atoms with Crippen molar-refractivity contribution in [3.8, 4) is 0 Å². The normalized spacial score (nSPS) is 20.3. The zero-order valence-electron chi connectivity index (χ0n) is 10.7. The molecule has 7 heteroatoms. The zero-order chi connectivity index (χ0) is 13.3. The number of benzene rings is 1. The number of nitrogens with two attached hydrogens (primary N) is 1. The molecule has 1 heterocycles. The summed E-state index contributed by atoms with van der Waals surface area (Å²) in [6, 6.07) is 4.20. The fourth-order valence-electron chi connectivity index (χ4n) is 2.31. The highest BCUT2D eigenvalue weighted by atomic mass is 35.5. The molecule has 0 radical (unpaired) electrons. The molecule has 1 atom stereocenters. The smallest absolute Gasteiger partial charge is 0.246 e. The van der Waals surface area contributed by atoms with Gasteiger partial charge in [0.25, 0.3) is 0 Å². The molecular weight excluding hydrogens is 291 g/mol. The Kier molecular flexibility index (Phi) is 5.32. The Morgan fingerprint density at radius 3 is 2.79 bits per heavy atom. The third kappa shape index (κ3) is 2.91. The number of nitrogens with zero attached hydrogens (tertiary/aromatic N) is 1. The van der Waals surface area contributed by atoms with E-state index in [1.165, 1.54) is 10.4 Å². The van der Waals surface area contributed by atoms with Gasteiger partial charge in [-0.2, -0.15) is 4.31 Å². The number of halogens is 2. The van der Waals surface area contributed by atoms with Gasteiger partial charge in [-0.25, -0.2) is 12.8 Å². The van der Waals surface area contributed by atoms with E-state index in [-0.39, 0.29) is 29.9 Å². The van der Waals surface area contributed by atoms with Crippen molar-refractivity contribution in [1.29, 1.82) is 0 Å². The molecule has 0 saturated carbocycles. The van der Waals surface area contributed by atoms with E-state index >= 15 is 0 Å². The number of hydrogen-bond acceptors (Lipinski definition) is 3. The number of hydrogen-bond donors (Lipinski definition) is 1. The van der Waals surface area contributed by atoms with E-state index < -0.39 is 15.8 Å². The lowest BCUT2D eigenvalue weighted by atomic mass is 10.2. The zero-order valence-corrected chi connectivity index (χ0v) is 12.3. The lowest BCUT2D eigenvalue weighted by Gasteiger charge is -2.23.